The molecule has 0 saturated carbocycles. The fraction of sp³-hybridized carbons (Fsp3) is 0.421. The predicted octanol–water partition coefficient (Wildman–Crippen LogP) is 1.57. The summed E-state index contributed by atoms with van der Waals surface area (Å²) in [6.45, 7) is 1.41. The molecular weight excluding hydrogens is 387 g/mol. The second kappa shape index (κ2) is 8.75. The third-order valence-corrected chi connectivity index (χ3v) is 4.92. The van der Waals surface area contributed by atoms with Crippen LogP contribution in [0, 0.1) is 5.92 Å². The van der Waals surface area contributed by atoms with Gasteiger partial charge in [-0.25, -0.2) is 0 Å². The molecule has 5 N–H and O–H groups in total. The van der Waals surface area contributed by atoms with Crippen molar-refractivity contribution in [1.29, 1.82) is 0 Å². The van der Waals surface area contributed by atoms with Crippen molar-refractivity contribution in [2.24, 2.45) is 11.7 Å². The van der Waals surface area contributed by atoms with Crippen molar-refractivity contribution in [3.05, 3.63) is 53.1 Å². The summed E-state index contributed by atoms with van der Waals surface area (Å²) in [5.41, 5.74) is 6.27. The van der Waals surface area contributed by atoms with Gasteiger partial charge in [-0.1, -0.05) is 0 Å². The van der Waals surface area contributed by atoms with Gasteiger partial charge in [-0.15, -0.1) is 0 Å². The molecule has 29 heavy (non-hydrogen) atoms. The normalized spacial score (nSPS) is 19.7. The number of nitrogens with one attached hydrogen (secondary N) is 2. The molecule has 0 unspecified atom stereocenters. The third-order valence-electron chi connectivity index (χ3n) is 4.92. The second-order valence-electron chi connectivity index (χ2n) is 6.98. The minimum Gasteiger partial charge on any atom is -0.396 e. The lowest BCUT2D eigenvalue weighted by Gasteiger charge is -2.32. The summed E-state index contributed by atoms with van der Waals surface area (Å²) < 4.78 is 38.0. The van der Waals surface area contributed by atoms with Crippen molar-refractivity contribution >= 4 is 11.6 Å². The summed E-state index contributed by atoms with van der Waals surface area (Å²) in [6, 6.07) is 3.86. The highest BCUT2D eigenvalue weighted by molar-refractivity contribution is 5.98. The number of aliphatic hydroxyl groups is 1. The number of anilines is 1. The lowest BCUT2D eigenvalue weighted by molar-refractivity contribution is -0.137. The first-order valence-corrected chi connectivity index (χ1v) is 9.17. The van der Waals surface area contributed by atoms with E-state index < -0.39 is 17.6 Å². The number of carbonyl (C=O) groups is 1. The van der Waals surface area contributed by atoms with Crippen LogP contribution in [-0.4, -0.2) is 46.7 Å². The van der Waals surface area contributed by atoms with Gasteiger partial charge >= 0.3 is 6.18 Å². The molecule has 0 radical (unpaired) electrons. The van der Waals surface area contributed by atoms with E-state index in [2.05, 4.69) is 20.6 Å². The van der Waals surface area contributed by atoms with Crippen LogP contribution in [0.2, 0.25) is 0 Å². The Hall–Kier alpha value is -2.72. The lowest BCUT2D eigenvalue weighted by Crippen LogP contribution is -2.45. The quantitative estimate of drug-likeness (QED) is 0.576. The number of nitrogens with two attached hydrogens (primary N) is 1. The zero-order valence-corrected chi connectivity index (χ0v) is 15.5. The molecule has 3 rings (SSSR count). The van der Waals surface area contributed by atoms with Crippen LogP contribution in [-0.2, 0) is 12.6 Å². The average Bonchev–Trinajstić information content (AvgIpc) is 2.68. The summed E-state index contributed by atoms with van der Waals surface area (Å²) >= 11 is 0. The van der Waals surface area contributed by atoms with Crippen LogP contribution in [0.3, 0.4) is 0 Å². The number of carbonyl (C=O) groups excluding carboxylic acids is 1. The van der Waals surface area contributed by atoms with Gasteiger partial charge in [0, 0.05) is 55.3 Å². The first-order chi connectivity index (χ1) is 13.8. The van der Waals surface area contributed by atoms with Gasteiger partial charge in [0.2, 0.25) is 0 Å². The lowest BCUT2D eigenvalue weighted by atomic mass is 9.93. The minimum atomic E-state index is -4.44. The van der Waals surface area contributed by atoms with E-state index in [9.17, 15) is 23.1 Å². The summed E-state index contributed by atoms with van der Waals surface area (Å²) in [5.74, 6) is -0.675. The zero-order valence-electron chi connectivity index (χ0n) is 15.5. The molecule has 1 aliphatic rings. The molecule has 1 fully saturated rings. The van der Waals surface area contributed by atoms with E-state index in [0.717, 1.165) is 25.2 Å². The molecule has 7 nitrogen and oxygen atoms in total. The molecule has 2 aromatic heterocycles. The summed E-state index contributed by atoms with van der Waals surface area (Å²) in [6.07, 6.45) is -1.36. The maximum absolute atomic E-state index is 12.7. The van der Waals surface area contributed by atoms with Crippen molar-refractivity contribution in [1.82, 2.24) is 15.3 Å². The number of piperidine rings is 1. The van der Waals surface area contributed by atoms with Crippen LogP contribution in [0.1, 0.15) is 33.7 Å². The first kappa shape index (κ1) is 21.0. The average molecular weight is 409 g/mol. The Morgan fingerprint density at radius 1 is 1.28 bits per heavy atom. The third kappa shape index (κ3) is 5.21. The number of rotatable bonds is 6. The number of hydrogen-bond donors (Lipinski definition) is 4. The Kier molecular flexibility index (Phi) is 6.33. The number of aromatic nitrogens is 2. The van der Waals surface area contributed by atoms with Crippen LogP contribution < -0.4 is 16.4 Å². The Balaban J connectivity index is 1.81. The molecule has 1 saturated heterocycles. The summed E-state index contributed by atoms with van der Waals surface area (Å²) in [5, 5.41) is 16.1. The standard InChI is InChI=1S/C19H22F3N5O2/c20-19(21,22)12-1-2-13(25-8-12)5-14-6-17(15(9-26-14)18(23)29)27-16-3-4-24-7-11(16)10-28/h1-2,6,8-9,11,16,24,28H,3-5,7,10H2,(H2,23,29)(H,26,27)/t11-,16-/m1/s1. The van der Waals surface area contributed by atoms with E-state index in [-0.39, 0.29) is 30.6 Å². The monoisotopic (exact) mass is 409 g/mol. The highest BCUT2D eigenvalue weighted by atomic mass is 19.4. The summed E-state index contributed by atoms with van der Waals surface area (Å²) in [4.78, 5) is 19.8. The fourth-order valence-electron chi connectivity index (χ4n) is 3.30. The predicted molar refractivity (Wildman–Crippen MR) is 100 cm³/mol. The molecule has 0 bridgehead atoms. The van der Waals surface area contributed by atoms with E-state index in [1.165, 1.54) is 12.3 Å². The van der Waals surface area contributed by atoms with Gasteiger partial charge < -0.3 is 21.5 Å². The maximum Gasteiger partial charge on any atom is 0.417 e. The topological polar surface area (TPSA) is 113 Å². The number of halogens is 3. The van der Waals surface area contributed by atoms with Crippen LogP contribution in [0.15, 0.2) is 30.6 Å². The Morgan fingerprint density at radius 2 is 2.03 bits per heavy atom. The molecule has 1 aliphatic heterocycles. The molecule has 0 spiro atoms. The molecule has 1 amide bonds. The van der Waals surface area contributed by atoms with Crippen LogP contribution in [0.4, 0.5) is 18.9 Å². The van der Waals surface area contributed by atoms with Gasteiger partial charge in [0.05, 0.1) is 16.8 Å². The van der Waals surface area contributed by atoms with Crippen LogP contribution in [0.5, 0.6) is 0 Å². The van der Waals surface area contributed by atoms with Crippen LogP contribution >= 0.6 is 0 Å². The number of alkyl halides is 3. The Labute approximate surface area is 165 Å². The van der Waals surface area contributed by atoms with Gasteiger partial charge in [0.1, 0.15) is 0 Å². The molecule has 2 atom stereocenters. The van der Waals surface area contributed by atoms with Crippen molar-refractivity contribution in [2.45, 2.75) is 25.1 Å². The second-order valence-corrected chi connectivity index (χ2v) is 6.98. The Morgan fingerprint density at radius 3 is 2.66 bits per heavy atom. The molecular formula is C19H22F3N5O2. The number of primary amides is 1. The van der Waals surface area contributed by atoms with Crippen LogP contribution in [0.25, 0.3) is 0 Å². The van der Waals surface area contributed by atoms with E-state index in [0.29, 0.717) is 23.6 Å². The fourth-order valence-corrected chi connectivity index (χ4v) is 3.30. The van der Waals surface area contributed by atoms with E-state index in [1.54, 1.807) is 6.07 Å². The number of nitrogens with zero attached hydrogens (tertiary/aromatic N) is 2. The van der Waals surface area contributed by atoms with Crippen molar-refractivity contribution in [3.63, 3.8) is 0 Å². The van der Waals surface area contributed by atoms with Crippen molar-refractivity contribution in [2.75, 3.05) is 25.0 Å². The molecule has 10 heteroatoms. The smallest absolute Gasteiger partial charge is 0.396 e. The Bertz CT molecular complexity index is 858. The highest BCUT2D eigenvalue weighted by Gasteiger charge is 2.30. The van der Waals surface area contributed by atoms with E-state index in [4.69, 9.17) is 5.73 Å². The molecule has 0 aromatic carbocycles. The first-order valence-electron chi connectivity index (χ1n) is 9.17. The zero-order chi connectivity index (χ0) is 21.0. The van der Waals surface area contributed by atoms with E-state index >= 15 is 0 Å². The number of pyridine rings is 2. The van der Waals surface area contributed by atoms with Gasteiger partial charge in [-0.3, -0.25) is 14.8 Å². The van der Waals surface area contributed by atoms with Gasteiger partial charge in [0.25, 0.3) is 5.91 Å². The number of amides is 1. The highest BCUT2D eigenvalue weighted by Crippen LogP contribution is 2.28. The number of hydrogen-bond acceptors (Lipinski definition) is 6. The van der Waals surface area contributed by atoms with Crippen molar-refractivity contribution in [3.8, 4) is 0 Å². The minimum absolute atomic E-state index is 0.00993. The van der Waals surface area contributed by atoms with Gasteiger partial charge in [-0.2, -0.15) is 13.2 Å². The van der Waals surface area contributed by atoms with Gasteiger partial charge in [-0.05, 0) is 31.2 Å². The summed E-state index contributed by atoms with van der Waals surface area (Å²) in [7, 11) is 0. The molecule has 3 heterocycles. The molecule has 0 aliphatic carbocycles. The van der Waals surface area contributed by atoms with Crippen molar-refractivity contribution < 1.29 is 23.1 Å². The molecule has 156 valence electrons. The van der Waals surface area contributed by atoms with Gasteiger partial charge in [0.15, 0.2) is 0 Å². The number of aliphatic hydroxyl groups excluding tert-OH is 1. The largest absolute Gasteiger partial charge is 0.417 e. The maximum atomic E-state index is 12.7. The van der Waals surface area contributed by atoms with E-state index in [1.807, 2.05) is 0 Å². The SMILES string of the molecule is NC(=O)c1cnc(Cc2ccc(C(F)(F)F)cn2)cc1N[C@@H]1CCNC[C@@H]1CO. The molecule has 2 aromatic rings.